The molecule has 26 heavy (non-hydrogen) atoms. The molecule has 0 unspecified atom stereocenters. The summed E-state index contributed by atoms with van der Waals surface area (Å²) in [4.78, 5) is 12.5. The van der Waals surface area contributed by atoms with Crippen LogP contribution in [-0.4, -0.2) is 32.7 Å². The molecule has 0 aromatic heterocycles. The van der Waals surface area contributed by atoms with Gasteiger partial charge in [-0.3, -0.25) is 4.79 Å². The Bertz CT molecular complexity index is 541. The van der Waals surface area contributed by atoms with Crippen LogP contribution in [0.25, 0.3) is 0 Å². The molecule has 152 valence electrons. The minimum atomic E-state index is -4.50. The summed E-state index contributed by atoms with van der Waals surface area (Å²) in [7, 11) is -2.20. The average Bonchev–Trinajstić information content (AvgIpc) is 2.56. The van der Waals surface area contributed by atoms with Gasteiger partial charge in [0.1, 0.15) is 0 Å². The third-order valence-electron chi connectivity index (χ3n) is 6.92. The highest BCUT2D eigenvalue weighted by molar-refractivity contribution is 6.74. The van der Waals surface area contributed by atoms with Crippen LogP contribution in [0.2, 0.25) is 18.1 Å². The van der Waals surface area contributed by atoms with Crippen molar-refractivity contribution in [2.45, 2.75) is 96.1 Å². The van der Waals surface area contributed by atoms with Gasteiger partial charge in [0, 0.05) is 0 Å². The van der Waals surface area contributed by atoms with E-state index in [1.165, 1.54) is 0 Å². The van der Waals surface area contributed by atoms with Crippen molar-refractivity contribution in [2.24, 2.45) is 11.3 Å². The van der Waals surface area contributed by atoms with E-state index in [0.29, 0.717) is 6.42 Å². The second kappa shape index (κ2) is 6.80. The smallest absolute Gasteiger partial charge is 0.422 e. The van der Waals surface area contributed by atoms with Crippen molar-refractivity contribution in [3.05, 3.63) is 0 Å². The van der Waals surface area contributed by atoms with E-state index in [1.54, 1.807) is 0 Å². The minimum absolute atomic E-state index is 0.0367. The number of rotatable bonds is 4. The topological polar surface area (TPSA) is 35.5 Å². The van der Waals surface area contributed by atoms with E-state index in [0.717, 1.165) is 32.1 Å². The minimum Gasteiger partial charge on any atom is -0.456 e. The highest BCUT2D eigenvalue weighted by Gasteiger charge is 2.68. The molecule has 2 fully saturated rings. The van der Waals surface area contributed by atoms with Gasteiger partial charge in [0.05, 0.1) is 11.5 Å². The fourth-order valence-electron chi connectivity index (χ4n) is 4.33. The molecule has 7 heteroatoms. The van der Waals surface area contributed by atoms with E-state index < -0.39 is 38.6 Å². The summed E-state index contributed by atoms with van der Waals surface area (Å²) in [5.74, 6) is -1.34. The van der Waals surface area contributed by atoms with Gasteiger partial charge in [0.2, 0.25) is 0 Å². The van der Waals surface area contributed by atoms with Crippen molar-refractivity contribution in [2.75, 3.05) is 6.61 Å². The highest BCUT2D eigenvalue weighted by Crippen LogP contribution is 2.64. The molecule has 0 bridgehead atoms. The number of halogens is 3. The van der Waals surface area contributed by atoms with Crippen LogP contribution in [0.3, 0.4) is 0 Å². The Morgan fingerprint density at radius 3 is 2.23 bits per heavy atom. The van der Waals surface area contributed by atoms with Crippen molar-refractivity contribution < 1.29 is 27.1 Å². The lowest BCUT2D eigenvalue weighted by molar-refractivity contribution is -0.229. The van der Waals surface area contributed by atoms with Gasteiger partial charge in [-0.2, -0.15) is 13.2 Å². The van der Waals surface area contributed by atoms with E-state index in [4.69, 9.17) is 4.43 Å². The maximum absolute atomic E-state index is 12.5. The molecule has 0 N–H and O–H groups in total. The van der Waals surface area contributed by atoms with Gasteiger partial charge >= 0.3 is 12.1 Å². The zero-order chi connectivity index (χ0) is 20.0. The van der Waals surface area contributed by atoms with Gasteiger partial charge in [-0.15, -0.1) is 0 Å². The standard InChI is InChI=1S/C19H33F3O3Si/c1-16(2,3)26(5,6)25-18-11-9-7-8-10-17(18,4)12-14(18)15(23)24-13-19(20,21)22/h14H,7-13H2,1-6H3/t14-,17-,18-/m0/s1. The van der Waals surface area contributed by atoms with Crippen LogP contribution in [0.5, 0.6) is 0 Å². The number of esters is 1. The first-order chi connectivity index (χ1) is 11.6. The van der Waals surface area contributed by atoms with Crippen LogP contribution in [-0.2, 0) is 14.0 Å². The Kier molecular flexibility index (Phi) is 5.68. The summed E-state index contributed by atoms with van der Waals surface area (Å²) in [5, 5.41) is -0.0367. The van der Waals surface area contributed by atoms with E-state index in [1.807, 2.05) is 0 Å². The number of carbonyl (C=O) groups excluding carboxylic acids is 1. The molecular weight excluding hydrogens is 361 g/mol. The summed E-state index contributed by atoms with van der Waals surface area (Å²) in [5.41, 5.74) is -0.851. The van der Waals surface area contributed by atoms with Crippen molar-refractivity contribution in [1.82, 2.24) is 0 Å². The van der Waals surface area contributed by atoms with Crippen LogP contribution >= 0.6 is 0 Å². The molecule has 3 atom stereocenters. The number of hydrogen-bond donors (Lipinski definition) is 0. The van der Waals surface area contributed by atoms with Gasteiger partial charge < -0.3 is 9.16 Å². The lowest BCUT2D eigenvalue weighted by Gasteiger charge is -2.64. The van der Waals surface area contributed by atoms with Gasteiger partial charge in [-0.25, -0.2) is 0 Å². The normalized spacial score (nSPS) is 33.0. The fourth-order valence-corrected chi connectivity index (χ4v) is 6.04. The maximum Gasteiger partial charge on any atom is 0.422 e. The van der Waals surface area contributed by atoms with Crippen LogP contribution in [0.4, 0.5) is 13.2 Å². The molecule has 2 rings (SSSR count). The summed E-state index contributed by atoms with van der Waals surface area (Å²) in [6.45, 7) is 11.3. The molecule has 2 saturated carbocycles. The molecular formula is C19H33F3O3Si. The largest absolute Gasteiger partial charge is 0.456 e. The first-order valence-electron chi connectivity index (χ1n) is 9.57. The van der Waals surface area contributed by atoms with E-state index in [2.05, 4.69) is 45.5 Å². The third kappa shape index (κ3) is 3.98. The van der Waals surface area contributed by atoms with Crippen molar-refractivity contribution in [1.29, 1.82) is 0 Å². The third-order valence-corrected chi connectivity index (χ3v) is 11.4. The fraction of sp³-hybridized carbons (Fsp3) is 0.947. The summed E-state index contributed by atoms with van der Waals surface area (Å²) >= 11 is 0. The predicted molar refractivity (Wildman–Crippen MR) is 97.3 cm³/mol. The predicted octanol–water partition coefficient (Wildman–Crippen LogP) is 5.84. The molecule has 0 saturated heterocycles. The second-order valence-electron chi connectivity index (χ2n) is 9.85. The number of ether oxygens (including phenoxy) is 1. The number of alkyl halides is 3. The second-order valence-corrected chi connectivity index (χ2v) is 14.6. The van der Waals surface area contributed by atoms with Gasteiger partial charge in [-0.05, 0) is 42.8 Å². The zero-order valence-electron chi connectivity index (χ0n) is 16.9. The highest BCUT2D eigenvalue weighted by atomic mass is 28.4. The van der Waals surface area contributed by atoms with Gasteiger partial charge in [0.25, 0.3) is 0 Å². The number of fused-ring (bicyclic) bond motifs is 1. The molecule has 0 radical (unpaired) electrons. The maximum atomic E-state index is 12.5. The molecule has 0 heterocycles. The lowest BCUT2D eigenvalue weighted by atomic mass is 9.49. The Morgan fingerprint density at radius 2 is 1.69 bits per heavy atom. The van der Waals surface area contributed by atoms with Crippen LogP contribution in [0, 0.1) is 11.3 Å². The van der Waals surface area contributed by atoms with Crippen molar-refractivity contribution in [3.63, 3.8) is 0 Å². The summed E-state index contributed by atoms with van der Waals surface area (Å²) < 4.78 is 49.0. The Balaban J connectivity index is 2.30. The number of carbonyl (C=O) groups is 1. The van der Waals surface area contributed by atoms with Crippen LogP contribution < -0.4 is 0 Å². The first kappa shape index (κ1) is 21.7. The summed E-state index contributed by atoms with van der Waals surface area (Å²) in [6.07, 6.45) is 0.809. The molecule has 0 spiro atoms. The van der Waals surface area contributed by atoms with Gasteiger partial charge in [0.15, 0.2) is 14.9 Å². The Morgan fingerprint density at radius 1 is 1.12 bits per heavy atom. The quantitative estimate of drug-likeness (QED) is 0.444. The molecule has 0 aromatic rings. The molecule has 0 amide bonds. The number of hydrogen-bond acceptors (Lipinski definition) is 3. The van der Waals surface area contributed by atoms with E-state index in [-0.39, 0.29) is 10.5 Å². The van der Waals surface area contributed by atoms with Crippen LogP contribution in [0.15, 0.2) is 0 Å². The lowest BCUT2D eigenvalue weighted by Crippen LogP contribution is -2.70. The zero-order valence-corrected chi connectivity index (χ0v) is 17.9. The van der Waals surface area contributed by atoms with E-state index >= 15 is 0 Å². The molecule has 2 aliphatic rings. The van der Waals surface area contributed by atoms with E-state index in [9.17, 15) is 18.0 Å². The van der Waals surface area contributed by atoms with Crippen molar-refractivity contribution >= 4 is 14.3 Å². The molecule has 0 aliphatic heterocycles. The first-order valence-corrected chi connectivity index (χ1v) is 12.5. The SMILES string of the molecule is CC(C)(C)[Si](C)(C)O[C@]12CCCCC[C@@]1(C)C[C@H]2C(=O)OCC(F)(F)F. The average molecular weight is 395 g/mol. The van der Waals surface area contributed by atoms with Gasteiger partial charge in [-0.1, -0.05) is 47.0 Å². The Hall–Kier alpha value is -0.563. The van der Waals surface area contributed by atoms with Crippen molar-refractivity contribution in [3.8, 4) is 0 Å². The molecule has 3 nitrogen and oxygen atoms in total. The monoisotopic (exact) mass is 394 g/mol. The summed E-state index contributed by atoms with van der Waals surface area (Å²) in [6, 6.07) is 0. The molecule has 0 aromatic carbocycles. The molecule has 2 aliphatic carbocycles. The van der Waals surface area contributed by atoms with Crippen LogP contribution in [0.1, 0.15) is 66.2 Å². The Labute approximate surface area is 156 Å².